The number of urea groups is 1. The molecule has 4 aromatic rings. The molecule has 38 heavy (non-hydrogen) atoms. The summed E-state index contributed by atoms with van der Waals surface area (Å²) in [6, 6.07) is 14.5. The number of amides is 3. The third-order valence-electron chi connectivity index (χ3n) is 6.49. The minimum Gasteiger partial charge on any atom is -0.485 e. The first-order valence-corrected chi connectivity index (χ1v) is 12.4. The van der Waals surface area contributed by atoms with Crippen LogP contribution >= 0.6 is 0 Å². The van der Waals surface area contributed by atoms with Crippen LogP contribution in [0.4, 0.5) is 33.5 Å². The Hall–Kier alpha value is -4.99. The Morgan fingerprint density at radius 3 is 2.68 bits per heavy atom. The van der Waals surface area contributed by atoms with E-state index in [9.17, 15) is 9.59 Å². The summed E-state index contributed by atoms with van der Waals surface area (Å²) in [5, 5.41) is 8.68. The van der Waals surface area contributed by atoms with Crippen molar-refractivity contribution >= 4 is 40.6 Å². The van der Waals surface area contributed by atoms with Crippen LogP contribution in [0.3, 0.4) is 0 Å². The molecule has 1 fully saturated rings. The number of rotatable bonds is 5. The van der Waals surface area contributed by atoms with Gasteiger partial charge in [0.05, 0.1) is 23.8 Å². The van der Waals surface area contributed by atoms with Gasteiger partial charge in [0.2, 0.25) is 5.91 Å². The van der Waals surface area contributed by atoms with Crippen LogP contribution in [0.25, 0.3) is 11.1 Å². The van der Waals surface area contributed by atoms with Crippen molar-refractivity contribution in [3.63, 3.8) is 0 Å². The molecule has 6 rings (SSSR count). The molecular formula is C28H25N7O3. The Bertz CT molecular complexity index is 1530. The van der Waals surface area contributed by atoms with E-state index >= 15 is 0 Å². The van der Waals surface area contributed by atoms with Crippen LogP contribution in [0.5, 0.6) is 5.75 Å². The van der Waals surface area contributed by atoms with Gasteiger partial charge in [-0.25, -0.2) is 14.8 Å². The molecule has 5 heterocycles. The molecule has 3 N–H and O–H groups in total. The van der Waals surface area contributed by atoms with Crippen molar-refractivity contribution in [3.05, 3.63) is 78.9 Å². The van der Waals surface area contributed by atoms with Crippen LogP contribution in [0.1, 0.15) is 31.4 Å². The van der Waals surface area contributed by atoms with E-state index in [1.807, 2.05) is 42.3 Å². The maximum absolute atomic E-state index is 12.3. The molecule has 0 spiro atoms. The highest BCUT2D eigenvalue weighted by Crippen LogP contribution is 2.44. The fourth-order valence-corrected chi connectivity index (χ4v) is 4.71. The SMILES string of the molecule is CC1Oc2cc(N3CCCC3=O)ccc2-c2cnc(Nc3cncc(NC(=O)Nc4ccccn4)c3)cc21. The number of aromatic nitrogens is 3. The Labute approximate surface area is 219 Å². The second-order valence-corrected chi connectivity index (χ2v) is 9.13. The van der Waals surface area contributed by atoms with Crippen molar-refractivity contribution < 1.29 is 14.3 Å². The molecule has 1 unspecified atom stereocenters. The van der Waals surface area contributed by atoms with Crippen LogP contribution in [-0.2, 0) is 4.79 Å². The van der Waals surface area contributed by atoms with Gasteiger partial charge in [0.25, 0.3) is 0 Å². The van der Waals surface area contributed by atoms with Crippen LogP contribution < -0.4 is 25.6 Å². The fourth-order valence-electron chi connectivity index (χ4n) is 4.71. The molecule has 2 aliphatic rings. The number of pyridine rings is 3. The van der Waals surface area contributed by atoms with E-state index in [4.69, 9.17) is 4.74 Å². The molecule has 1 aromatic carbocycles. The quantitative estimate of drug-likeness (QED) is 0.326. The topological polar surface area (TPSA) is 121 Å². The van der Waals surface area contributed by atoms with Gasteiger partial charge < -0.3 is 20.3 Å². The fraction of sp³-hybridized carbons (Fsp3) is 0.179. The molecule has 1 atom stereocenters. The van der Waals surface area contributed by atoms with Crippen molar-refractivity contribution in [1.82, 2.24) is 15.0 Å². The lowest BCUT2D eigenvalue weighted by Gasteiger charge is -2.28. The van der Waals surface area contributed by atoms with Crippen LogP contribution in [0.15, 0.2) is 73.3 Å². The van der Waals surface area contributed by atoms with Gasteiger partial charge in [-0.05, 0) is 49.7 Å². The predicted octanol–water partition coefficient (Wildman–Crippen LogP) is 5.51. The maximum atomic E-state index is 12.3. The van der Waals surface area contributed by atoms with Crippen LogP contribution in [0.2, 0.25) is 0 Å². The van der Waals surface area contributed by atoms with Gasteiger partial charge >= 0.3 is 6.03 Å². The predicted molar refractivity (Wildman–Crippen MR) is 145 cm³/mol. The van der Waals surface area contributed by atoms with Crippen LogP contribution in [0, 0.1) is 0 Å². The van der Waals surface area contributed by atoms with Crippen molar-refractivity contribution in [2.75, 3.05) is 27.4 Å². The Morgan fingerprint density at radius 2 is 1.87 bits per heavy atom. The first-order chi connectivity index (χ1) is 18.5. The highest BCUT2D eigenvalue weighted by Gasteiger charge is 2.27. The number of nitrogens with one attached hydrogen (secondary N) is 3. The molecule has 0 aliphatic carbocycles. The zero-order valence-electron chi connectivity index (χ0n) is 20.6. The van der Waals surface area contributed by atoms with Crippen LogP contribution in [-0.4, -0.2) is 33.4 Å². The van der Waals surface area contributed by atoms with Crippen molar-refractivity contribution in [1.29, 1.82) is 0 Å². The van der Waals surface area contributed by atoms with Crippen molar-refractivity contribution in [2.24, 2.45) is 0 Å². The summed E-state index contributed by atoms with van der Waals surface area (Å²) in [6.45, 7) is 2.73. The number of nitrogens with zero attached hydrogens (tertiary/aromatic N) is 4. The number of benzene rings is 1. The summed E-state index contributed by atoms with van der Waals surface area (Å²) in [5.74, 6) is 1.97. The molecule has 10 heteroatoms. The largest absolute Gasteiger partial charge is 0.485 e. The molecule has 190 valence electrons. The average molecular weight is 508 g/mol. The second kappa shape index (κ2) is 9.81. The molecule has 0 radical (unpaired) electrons. The number of fused-ring (bicyclic) bond motifs is 3. The monoisotopic (exact) mass is 507 g/mol. The minimum absolute atomic E-state index is 0.147. The van der Waals surface area contributed by atoms with Gasteiger partial charge in [-0.3, -0.25) is 15.1 Å². The average Bonchev–Trinajstić information content (AvgIpc) is 3.35. The Kier molecular flexibility index (Phi) is 6.04. The van der Waals surface area contributed by atoms with Gasteiger partial charge in [0, 0.05) is 53.8 Å². The molecule has 10 nitrogen and oxygen atoms in total. The van der Waals surface area contributed by atoms with Crippen molar-refractivity contribution in [3.8, 4) is 16.9 Å². The summed E-state index contributed by atoms with van der Waals surface area (Å²) in [5.41, 5.74) is 4.97. The standard InChI is InChI=1S/C28H25N7O3/c1-17-22-13-26(32-18-11-19(15-29-14-18)33-28(37)34-25-5-2-3-9-30-25)31-16-23(22)21-8-7-20(12-24(21)38-17)35-10-4-6-27(35)36/h2-3,5,7-9,11-17H,4,6,10H2,1H3,(H,31,32)(H2,30,33,34,37). The number of carbonyl (C=O) groups excluding carboxylic acids is 2. The molecule has 3 amide bonds. The summed E-state index contributed by atoms with van der Waals surface area (Å²) >= 11 is 0. The highest BCUT2D eigenvalue weighted by molar-refractivity contribution is 5.99. The molecule has 1 saturated heterocycles. The summed E-state index contributed by atoms with van der Waals surface area (Å²) in [6.07, 6.45) is 7.90. The van der Waals surface area contributed by atoms with E-state index in [1.165, 1.54) is 0 Å². The van der Waals surface area contributed by atoms with Gasteiger partial charge in [-0.15, -0.1) is 0 Å². The van der Waals surface area contributed by atoms with E-state index in [-0.39, 0.29) is 12.0 Å². The van der Waals surface area contributed by atoms with E-state index < -0.39 is 6.03 Å². The summed E-state index contributed by atoms with van der Waals surface area (Å²) < 4.78 is 6.25. The van der Waals surface area contributed by atoms with E-state index in [1.54, 1.807) is 42.9 Å². The zero-order valence-corrected chi connectivity index (χ0v) is 20.6. The molecular weight excluding hydrogens is 482 g/mol. The lowest BCUT2D eigenvalue weighted by atomic mass is 9.94. The number of anilines is 5. The number of carbonyl (C=O) groups is 2. The molecule has 2 aliphatic heterocycles. The highest BCUT2D eigenvalue weighted by atomic mass is 16.5. The van der Waals surface area contributed by atoms with E-state index in [0.717, 1.165) is 41.1 Å². The normalized spacial score (nSPS) is 15.8. The third-order valence-corrected chi connectivity index (χ3v) is 6.49. The first-order valence-electron chi connectivity index (χ1n) is 12.4. The molecule has 0 bridgehead atoms. The summed E-state index contributed by atoms with van der Waals surface area (Å²) in [7, 11) is 0. The number of ether oxygens (including phenoxy) is 1. The lowest BCUT2D eigenvalue weighted by molar-refractivity contribution is -0.117. The molecule has 3 aromatic heterocycles. The number of hydrogen-bond donors (Lipinski definition) is 3. The minimum atomic E-state index is -0.420. The molecule has 0 saturated carbocycles. The maximum Gasteiger partial charge on any atom is 0.324 e. The van der Waals surface area contributed by atoms with Gasteiger partial charge in [0.15, 0.2) is 0 Å². The Balaban J connectivity index is 1.19. The van der Waals surface area contributed by atoms with Gasteiger partial charge in [0.1, 0.15) is 23.5 Å². The van der Waals surface area contributed by atoms with Gasteiger partial charge in [-0.1, -0.05) is 6.07 Å². The van der Waals surface area contributed by atoms with Gasteiger partial charge in [-0.2, -0.15) is 0 Å². The van der Waals surface area contributed by atoms with E-state index in [0.29, 0.717) is 29.4 Å². The number of hydrogen-bond acceptors (Lipinski definition) is 7. The third kappa shape index (κ3) is 4.71. The summed E-state index contributed by atoms with van der Waals surface area (Å²) in [4.78, 5) is 39.2. The lowest BCUT2D eigenvalue weighted by Crippen LogP contribution is -2.24. The van der Waals surface area contributed by atoms with E-state index in [2.05, 4.69) is 30.9 Å². The Morgan fingerprint density at radius 1 is 0.974 bits per heavy atom. The second-order valence-electron chi connectivity index (χ2n) is 9.13. The smallest absolute Gasteiger partial charge is 0.324 e. The van der Waals surface area contributed by atoms with Crippen molar-refractivity contribution in [2.45, 2.75) is 25.9 Å². The first kappa shape index (κ1) is 23.4. The zero-order chi connectivity index (χ0) is 26.1.